The molecule has 0 bridgehead atoms. The van der Waals surface area contributed by atoms with Crippen molar-refractivity contribution in [2.24, 2.45) is 5.92 Å². The van der Waals surface area contributed by atoms with E-state index in [0.29, 0.717) is 11.5 Å². The highest BCUT2D eigenvalue weighted by Crippen LogP contribution is 2.37. The lowest BCUT2D eigenvalue weighted by atomic mass is 9.97. The normalized spacial score (nSPS) is 30.2. The predicted octanol–water partition coefficient (Wildman–Crippen LogP) is 1.76. The summed E-state index contributed by atoms with van der Waals surface area (Å²) in [5.74, 6) is 1.33. The minimum atomic E-state index is 0.231. The molecule has 0 amide bonds. The van der Waals surface area contributed by atoms with Gasteiger partial charge in [-0.3, -0.25) is 4.79 Å². The lowest BCUT2D eigenvalue weighted by Gasteiger charge is -2.08. The summed E-state index contributed by atoms with van der Waals surface area (Å²) in [5.41, 5.74) is 0. The maximum atomic E-state index is 11.1. The van der Waals surface area contributed by atoms with Crippen LogP contribution in [-0.2, 0) is 4.79 Å². The van der Waals surface area contributed by atoms with E-state index >= 15 is 0 Å². The van der Waals surface area contributed by atoms with Gasteiger partial charge in [-0.2, -0.15) is 0 Å². The van der Waals surface area contributed by atoms with E-state index in [4.69, 9.17) is 0 Å². The van der Waals surface area contributed by atoms with Crippen molar-refractivity contribution in [1.82, 2.24) is 0 Å². The van der Waals surface area contributed by atoms with Gasteiger partial charge in [0.2, 0.25) is 0 Å². The molecule has 2 heteroatoms. The number of Topliss-reactive ketones (excluding diaryl/α,β-unsaturated/α-hetero) is 1. The van der Waals surface area contributed by atoms with Crippen LogP contribution in [0.15, 0.2) is 23.1 Å². The quantitative estimate of drug-likeness (QED) is 0.526. The Hall–Kier alpha value is -0.500. The van der Waals surface area contributed by atoms with Crippen LogP contribution in [0, 0.1) is 5.92 Å². The van der Waals surface area contributed by atoms with Gasteiger partial charge >= 0.3 is 0 Å². The minimum absolute atomic E-state index is 0.231. The molecule has 1 aliphatic heterocycles. The van der Waals surface area contributed by atoms with Gasteiger partial charge in [-0.15, -0.1) is 11.8 Å². The fraction of sp³-hybridized carbons (Fsp3) is 0.375. The zero-order valence-corrected chi connectivity index (χ0v) is 6.36. The summed E-state index contributed by atoms with van der Waals surface area (Å²) >= 11 is 1.69. The molecule has 0 saturated carbocycles. The monoisotopic (exact) mass is 152 g/mol. The second-order valence-electron chi connectivity index (χ2n) is 2.54. The summed E-state index contributed by atoms with van der Waals surface area (Å²) in [6, 6.07) is 0. The first-order valence-electron chi connectivity index (χ1n) is 3.40. The second kappa shape index (κ2) is 2.27. The predicted molar refractivity (Wildman–Crippen MR) is 42.8 cm³/mol. The Balaban J connectivity index is 2.31. The Labute approximate surface area is 64.2 Å². The van der Waals surface area contributed by atoms with Gasteiger partial charge in [0.1, 0.15) is 0 Å². The van der Waals surface area contributed by atoms with Gasteiger partial charge in [-0.05, 0) is 11.3 Å². The number of carbonyl (C=O) groups is 1. The molecule has 10 heavy (non-hydrogen) atoms. The molecule has 2 aliphatic rings. The van der Waals surface area contributed by atoms with E-state index < -0.39 is 0 Å². The number of hydrogen-bond donors (Lipinski definition) is 0. The fourth-order valence-corrected chi connectivity index (χ4v) is 2.42. The molecule has 1 atom stereocenters. The van der Waals surface area contributed by atoms with E-state index in [1.165, 1.54) is 4.91 Å². The Morgan fingerprint density at radius 1 is 1.60 bits per heavy atom. The highest BCUT2D eigenvalue weighted by molar-refractivity contribution is 8.04. The summed E-state index contributed by atoms with van der Waals surface area (Å²) in [5, 5.41) is 0. The van der Waals surface area contributed by atoms with E-state index in [-0.39, 0.29) is 5.92 Å². The van der Waals surface area contributed by atoms with Gasteiger partial charge in [-0.1, -0.05) is 18.2 Å². The maximum Gasteiger partial charge on any atom is 0.151 e. The van der Waals surface area contributed by atoms with Crippen LogP contribution in [0.1, 0.15) is 6.42 Å². The number of fused-ring (bicyclic) bond motifs is 1. The third-order valence-electron chi connectivity index (χ3n) is 1.88. The molecular formula is C8H8OS. The first-order valence-corrected chi connectivity index (χ1v) is 4.39. The number of rotatable bonds is 0. The third-order valence-corrected chi connectivity index (χ3v) is 3.06. The van der Waals surface area contributed by atoms with Crippen LogP contribution >= 0.6 is 11.8 Å². The van der Waals surface area contributed by atoms with Crippen LogP contribution in [0.25, 0.3) is 0 Å². The summed E-state index contributed by atoms with van der Waals surface area (Å²) in [4.78, 5) is 12.4. The SMILES string of the molecule is O=C1CSC2=CC=CCC12. The molecule has 0 spiro atoms. The Morgan fingerprint density at radius 2 is 2.50 bits per heavy atom. The smallest absolute Gasteiger partial charge is 0.151 e. The zero-order valence-electron chi connectivity index (χ0n) is 5.54. The first-order chi connectivity index (χ1) is 4.88. The van der Waals surface area contributed by atoms with Gasteiger partial charge < -0.3 is 0 Å². The van der Waals surface area contributed by atoms with Crippen LogP contribution in [0.5, 0.6) is 0 Å². The highest BCUT2D eigenvalue weighted by Gasteiger charge is 2.29. The van der Waals surface area contributed by atoms with Crippen LogP contribution in [-0.4, -0.2) is 11.5 Å². The molecule has 1 unspecified atom stereocenters. The summed E-state index contributed by atoms with van der Waals surface area (Å²) in [6.07, 6.45) is 7.09. The van der Waals surface area contributed by atoms with Crippen molar-refractivity contribution in [1.29, 1.82) is 0 Å². The van der Waals surface area contributed by atoms with Crippen molar-refractivity contribution in [2.75, 3.05) is 5.75 Å². The van der Waals surface area contributed by atoms with Gasteiger partial charge in [0.15, 0.2) is 5.78 Å². The van der Waals surface area contributed by atoms with E-state index in [9.17, 15) is 4.79 Å². The number of ketones is 1. The number of allylic oxidation sites excluding steroid dienone is 4. The average Bonchev–Trinajstić information content (AvgIpc) is 2.34. The van der Waals surface area contributed by atoms with E-state index in [0.717, 1.165) is 6.42 Å². The van der Waals surface area contributed by atoms with Gasteiger partial charge in [0, 0.05) is 0 Å². The van der Waals surface area contributed by atoms with Crippen molar-refractivity contribution in [2.45, 2.75) is 6.42 Å². The largest absolute Gasteiger partial charge is 0.298 e. The van der Waals surface area contributed by atoms with Gasteiger partial charge in [0.25, 0.3) is 0 Å². The molecule has 1 aliphatic carbocycles. The maximum absolute atomic E-state index is 11.1. The Morgan fingerprint density at radius 3 is 3.30 bits per heavy atom. The summed E-state index contributed by atoms with van der Waals surface area (Å²) < 4.78 is 0. The molecule has 1 heterocycles. The molecule has 1 saturated heterocycles. The number of thioether (sulfide) groups is 1. The average molecular weight is 152 g/mol. The van der Waals surface area contributed by atoms with E-state index in [1.54, 1.807) is 11.8 Å². The molecule has 0 aromatic heterocycles. The van der Waals surface area contributed by atoms with Crippen molar-refractivity contribution < 1.29 is 4.79 Å². The second-order valence-corrected chi connectivity index (χ2v) is 3.59. The van der Waals surface area contributed by atoms with Crippen molar-refractivity contribution in [3.63, 3.8) is 0 Å². The summed E-state index contributed by atoms with van der Waals surface area (Å²) in [7, 11) is 0. The summed E-state index contributed by atoms with van der Waals surface area (Å²) in [6.45, 7) is 0. The van der Waals surface area contributed by atoms with E-state index in [1.807, 2.05) is 6.08 Å². The molecule has 0 radical (unpaired) electrons. The lowest BCUT2D eigenvalue weighted by molar-refractivity contribution is -0.118. The molecule has 0 N–H and O–H groups in total. The lowest BCUT2D eigenvalue weighted by Crippen LogP contribution is -2.09. The number of hydrogen-bond acceptors (Lipinski definition) is 2. The van der Waals surface area contributed by atoms with Crippen LogP contribution < -0.4 is 0 Å². The number of carbonyl (C=O) groups excluding carboxylic acids is 1. The first kappa shape index (κ1) is 6.23. The molecular weight excluding hydrogens is 144 g/mol. The Kier molecular flexibility index (Phi) is 1.42. The fourth-order valence-electron chi connectivity index (χ4n) is 1.30. The topological polar surface area (TPSA) is 17.1 Å². The van der Waals surface area contributed by atoms with Crippen molar-refractivity contribution in [3.05, 3.63) is 23.1 Å². The third kappa shape index (κ3) is 0.833. The standard InChI is InChI=1S/C8H8OS/c9-7-5-10-8-4-2-1-3-6(7)8/h1-2,4,6H,3,5H2. The molecule has 0 aromatic rings. The van der Waals surface area contributed by atoms with Gasteiger partial charge in [-0.25, -0.2) is 0 Å². The zero-order chi connectivity index (χ0) is 6.97. The molecule has 52 valence electrons. The Bertz CT molecular complexity index is 227. The van der Waals surface area contributed by atoms with Crippen LogP contribution in [0.2, 0.25) is 0 Å². The van der Waals surface area contributed by atoms with Crippen molar-refractivity contribution >= 4 is 17.5 Å². The van der Waals surface area contributed by atoms with Gasteiger partial charge in [0.05, 0.1) is 11.7 Å². The van der Waals surface area contributed by atoms with Crippen molar-refractivity contribution in [3.8, 4) is 0 Å². The molecule has 2 rings (SSSR count). The minimum Gasteiger partial charge on any atom is -0.298 e. The van der Waals surface area contributed by atoms with E-state index in [2.05, 4.69) is 12.2 Å². The van der Waals surface area contributed by atoms with Crippen LogP contribution in [0.3, 0.4) is 0 Å². The molecule has 1 nitrogen and oxygen atoms in total. The highest BCUT2D eigenvalue weighted by atomic mass is 32.2. The van der Waals surface area contributed by atoms with Crippen LogP contribution in [0.4, 0.5) is 0 Å². The molecule has 1 fully saturated rings. The molecule has 0 aromatic carbocycles.